The van der Waals surface area contributed by atoms with E-state index in [1.165, 1.54) is 25.7 Å². The van der Waals surface area contributed by atoms with E-state index in [2.05, 4.69) is 22.5 Å². The molecule has 2 N–H and O–H groups in total. The lowest BCUT2D eigenvalue weighted by molar-refractivity contribution is 0.267. The molecule has 1 aliphatic carbocycles. The van der Waals surface area contributed by atoms with Crippen LogP contribution in [0.2, 0.25) is 0 Å². The maximum absolute atomic E-state index is 6.12. The number of anilines is 1. The number of rotatable bonds is 3. The minimum absolute atomic E-state index is 0.600. The number of aromatic nitrogens is 2. The van der Waals surface area contributed by atoms with Crippen LogP contribution in [0.1, 0.15) is 32.6 Å². The standard InChI is InChI=1S/C16H23N3O/c1-11-6-8-12(9-7-11)10-19-13-4-3-5-14(20-2)15(13)18-16(19)17/h3-5,11-12H,6-10H2,1-2H3,(H2,17,18). The highest BCUT2D eigenvalue weighted by atomic mass is 16.5. The van der Waals surface area contributed by atoms with Crippen LogP contribution in [-0.4, -0.2) is 16.7 Å². The number of hydrogen-bond donors (Lipinski definition) is 1. The van der Waals surface area contributed by atoms with Crippen molar-refractivity contribution in [3.05, 3.63) is 18.2 Å². The third-order valence-electron chi connectivity index (χ3n) is 4.57. The SMILES string of the molecule is COc1cccc2c1nc(N)n2CC1CCC(C)CC1. The molecule has 0 saturated heterocycles. The van der Waals surface area contributed by atoms with Gasteiger partial charge >= 0.3 is 0 Å². The van der Waals surface area contributed by atoms with Gasteiger partial charge in [-0.1, -0.05) is 25.8 Å². The molecule has 0 spiro atoms. The summed E-state index contributed by atoms with van der Waals surface area (Å²) < 4.78 is 7.52. The average Bonchev–Trinajstić information content (AvgIpc) is 2.77. The molecule has 4 nitrogen and oxygen atoms in total. The van der Waals surface area contributed by atoms with E-state index in [1.807, 2.05) is 12.1 Å². The molecular weight excluding hydrogens is 250 g/mol. The quantitative estimate of drug-likeness (QED) is 0.931. The molecule has 1 heterocycles. The number of nitrogens with two attached hydrogens (primary N) is 1. The summed E-state index contributed by atoms with van der Waals surface area (Å²) in [5.41, 5.74) is 8.07. The number of imidazole rings is 1. The van der Waals surface area contributed by atoms with Crippen LogP contribution in [0.3, 0.4) is 0 Å². The third-order valence-corrected chi connectivity index (χ3v) is 4.57. The Morgan fingerprint density at radius 3 is 2.75 bits per heavy atom. The van der Waals surface area contributed by atoms with Crippen molar-refractivity contribution in [3.8, 4) is 5.75 Å². The Hall–Kier alpha value is -1.71. The van der Waals surface area contributed by atoms with Gasteiger partial charge in [-0.15, -0.1) is 0 Å². The van der Waals surface area contributed by atoms with Crippen LogP contribution in [-0.2, 0) is 6.54 Å². The predicted octanol–water partition coefficient (Wildman–Crippen LogP) is 3.45. The zero-order valence-electron chi connectivity index (χ0n) is 12.3. The van der Waals surface area contributed by atoms with Crippen LogP contribution in [0.5, 0.6) is 5.75 Å². The summed E-state index contributed by atoms with van der Waals surface area (Å²) in [4.78, 5) is 4.48. The van der Waals surface area contributed by atoms with E-state index in [4.69, 9.17) is 10.5 Å². The van der Waals surface area contributed by atoms with E-state index in [9.17, 15) is 0 Å². The summed E-state index contributed by atoms with van der Waals surface area (Å²) in [6.07, 6.45) is 5.26. The van der Waals surface area contributed by atoms with Crippen molar-refractivity contribution >= 4 is 17.0 Å². The van der Waals surface area contributed by atoms with E-state index in [-0.39, 0.29) is 0 Å². The Morgan fingerprint density at radius 1 is 1.30 bits per heavy atom. The van der Waals surface area contributed by atoms with E-state index in [1.54, 1.807) is 7.11 Å². The number of nitrogen functional groups attached to an aromatic ring is 1. The van der Waals surface area contributed by atoms with Crippen molar-refractivity contribution < 1.29 is 4.74 Å². The summed E-state index contributed by atoms with van der Waals surface area (Å²) in [5, 5.41) is 0. The van der Waals surface area contributed by atoms with Gasteiger partial charge in [0.25, 0.3) is 0 Å². The Morgan fingerprint density at radius 2 is 2.05 bits per heavy atom. The second-order valence-corrected chi connectivity index (χ2v) is 6.03. The molecule has 0 atom stereocenters. The van der Waals surface area contributed by atoms with Gasteiger partial charge in [0.05, 0.1) is 12.6 Å². The summed E-state index contributed by atoms with van der Waals surface area (Å²) in [6, 6.07) is 6.01. The molecule has 4 heteroatoms. The van der Waals surface area contributed by atoms with Crippen molar-refractivity contribution in [2.75, 3.05) is 12.8 Å². The zero-order chi connectivity index (χ0) is 14.1. The van der Waals surface area contributed by atoms with E-state index in [0.29, 0.717) is 5.95 Å². The third kappa shape index (κ3) is 2.35. The smallest absolute Gasteiger partial charge is 0.201 e. The van der Waals surface area contributed by atoms with Gasteiger partial charge in [0.2, 0.25) is 5.95 Å². The lowest BCUT2D eigenvalue weighted by Crippen LogP contribution is -2.18. The molecule has 3 rings (SSSR count). The molecule has 2 aromatic rings. The first kappa shape index (κ1) is 13.3. The number of para-hydroxylation sites is 1. The van der Waals surface area contributed by atoms with Gasteiger partial charge < -0.3 is 15.0 Å². The van der Waals surface area contributed by atoms with Crippen LogP contribution in [0.4, 0.5) is 5.95 Å². The Balaban J connectivity index is 1.89. The average molecular weight is 273 g/mol. The topological polar surface area (TPSA) is 53.1 Å². The van der Waals surface area contributed by atoms with E-state index < -0.39 is 0 Å². The van der Waals surface area contributed by atoms with Crippen molar-refractivity contribution in [2.45, 2.75) is 39.2 Å². The Labute approximate surface area is 119 Å². The molecule has 1 fully saturated rings. The highest BCUT2D eigenvalue weighted by molar-refractivity contribution is 5.84. The first-order valence-electron chi connectivity index (χ1n) is 7.47. The summed E-state index contributed by atoms with van der Waals surface area (Å²) in [6.45, 7) is 3.32. The summed E-state index contributed by atoms with van der Waals surface area (Å²) >= 11 is 0. The molecule has 108 valence electrons. The van der Waals surface area contributed by atoms with Crippen LogP contribution in [0.15, 0.2) is 18.2 Å². The second-order valence-electron chi connectivity index (χ2n) is 6.03. The molecule has 0 amide bonds. The van der Waals surface area contributed by atoms with Crippen molar-refractivity contribution in [2.24, 2.45) is 11.8 Å². The molecule has 1 aromatic heterocycles. The fourth-order valence-electron chi connectivity index (χ4n) is 3.27. The Bertz CT molecular complexity index is 597. The summed E-state index contributed by atoms with van der Waals surface area (Å²) in [7, 11) is 1.67. The van der Waals surface area contributed by atoms with Gasteiger partial charge in [-0.3, -0.25) is 0 Å². The van der Waals surface area contributed by atoms with Crippen molar-refractivity contribution in [1.82, 2.24) is 9.55 Å². The summed E-state index contributed by atoms with van der Waals surface area (Å²) in [5.74, 6) is 2.99. The van der Waals surface area contributed by atoms with Gasteiger partial charge in [0.1, 0.15) is 11.3 Å². The van der Waals surface area contributed by atoms with Gasteiger partial charge in [-0.2, -0.15) is 0 Å². The predicted molar refractivity (Wildman–Crippen MR) is 81.8 cm³/mol. The fraction of sp³-hybridized carbons (Fsp3) is 0.562. The van der Waals surface area contributed by atoms with Crippen LogP contribution < -0.4 is 10.5 Å². The molecule has 0 bridgehead atoms. The molecule has 0 unspecified atom stereocenters. The van der Waals surface area contributed by atoms with Gasteiger partial charge in [0.15, 0.2) is 0 Å². The van der Waals surface area contributed by atoms with Crippen LogP contribution in [0, 0.1) is 11.8 Å². The molecule has 0 radical (unpaired) electrons. The Kier molecular flexibility index (Phi) is 3.55. The number of ether oxygens (including phenoxy) is 1. The van der Waals surface area contributed by atoms with Crippen LogP contribution in [0.25, 0.3) is 11.0 Å². The molecule has 1 aliphatic rings. The van der Waals surface area contributed by atoms with Crippen LogP contribution >= 0.6 is 0 Å². The monoisotopic (exact) mass is 273 g/mol. The second kappa shape index (κ2) is 5.35. The first-order chi connectivity index (χ1) is 9.69. The van der Waals surface area contributed by atoms with Gasteiger partial charge in [0, 0.05) is 6.54 Å². The van der Waals surface area contributed by atoms with Crippen molar-refractivity contribution in [1.29, 1.82) is 0 Å². The van der Waals surface area contributed by atoms with Gasteiger partial charge in [-0.25, -0.2) is 4.98 Å². The van der Waals surface area contributed by atoms with E-state index >= 15 is 0 Å². The molecule has 0 aliphatic heterocycles. The number of hydrogen-bond acceptors (Lipinski definition) is 3. The number of fused-ring (bicyclic) bond motifs is 1. The molecule has 1 aromatic carbocycles. The maximum atomic E-state index is 6.12. The lowest BCUT2D eigenvalue weighted by Gasteiger charge is -2.26. The minimum atomic E-state index is 0.600. The largest absolute Gasteiger partial charge is 0.494 e. The molecular formula is C16H23N3O. The number of benzene rings is 1. The fourth-order valence-corrected chi connectivity index (χ4v) is 3.27. The minimum Gasteiger partial charge on any atom is -0.494 e. The normalized spacial score (nSPS) is 23.1. The van der Waals surface area contributed by atoms with Gasteiger partial charge in [-0.05, 0) is 36.8 Å². The number of methoxy groups -OCH3 is 1. The van der Waals surface area contributed by atoms with E-state index in [0.717, 1.165) is 35.2 Å². The highest BCUT2D eigenvalue weighted by Gasteiger charge is 2.21. The highest BCUT2D eigenvalue weighted by Crippen LogP contribution is 2.32. The first-order valence-corrected chi connectivity index (χ1v) is 7.47. The molecule has 20 heavy (non-hydrogen) atoms. The molecule has 1 saturated carbocycles. The van der Waals surface area contributed by atoms with Crippen molar-refractivity contribution in [3.63, 3.8) is 0 Å². The maximum Gasteiger partial charge on any atom is 0.201 e. The lowest BCUT2D eigenvalue weighted by atomic mass is 9.83. The number of nitrogens with zero attached hydrogens (tertiary/aromatic N) is 2. The zero-order valence-corrected chi connectivity index (χ0v) is 12.3.